The molecule has 0 N–H and O–H groups in total. The van der Waals surface area contributed by atoms with Crippen molar-refractivity contribution < 1.29 is 14.3 Å². The molecule has 1 heterocycles. The monoisotopic (exact) mass is 375 g/mol. The van der Waals surface area contributed by atoms with Gasteiger partial charge < -0.3 is 9.47 Å². The summed E-state index contributed by atoms with van der Waals surface area (Å²) in [7, 11) is 0. The maximum absolute atomic E-state index is 12.6. The molecule has 5 heteroatoms. The summed E-state index contributed by atoms with van der Waals surface area (Å²) in [4.78, 5) is 17.1. The highest BCUT2D eigenvalue weighted by Gasteiger charge is 2.14. The van der Waals surface area contributed by atoms with E-state index in [1.54, 1.807) is 6.07 Å². The second-order valence-electron chi connectivity index (χ2n) is 5.91. The molecule has 0 bridgehead atoms. The van der Waals surface area contributed by atoms with Gasteiger partial charge in [0.1, 0.15) is 24.0 Å². The van der Waals surface area contributed by atoms with Crippen LogP contribution in [0.1, 0.15) is 20.9 Å². The van der Waals surface area contributed by atoms with Gasteiger partial charge >= 0.3 is 5.97 Å². The van der Waals surface area contributed by atoms with Gasteiger partial charge in [-0.05, 0) is 30.3 Å². The first kappa shape index (κ1) is 17.2. The van der Waals surface area contributed by atoms with Crippen LogP contribution < -0.4 is 4.74 Å². The lowest BCUT2D eigenvalue weighted by Gasteiger charge is -2.10. The summed E-state index contributed by atoms with van der Waals surface area (Å²) in [6, 6.07) is 24.7. The van der Waals surface area contributed by atoms with Crippen LogP contribution in [0.25, 0.3) is 10.2 Å². The van der Waals surface area contributed by atoms with Gasteiger partial charge in [0.05, 0.1) is 15.8 Å². The van der Waals surface area contributed by atoms with Crippen LogP contribution in [0.4, 0.5) is 0 Å². The molecule has 0 radical (unpaired) electrons. The summed E-state index contributed by atoms with van der Waals surface area (Å²) >= 11 is 1.53. The van der Waals surface area contributed by atoms with E-state index in [0.717, 1.165) is 26.5 Å². The number of carbonyl (C=O) groups is 1. The number of thiazole rings is 1. The summed E-state index contributed by atoms with van der Waals surface area (Å²) < 4.78 is 12.3. The van der Waals surface area contributed by atoms with Crippen LogP contribution in [0.5, 0.6) is 5.75 Å². The minimum absolute atomic E-state index is 0.159. The van der Waals surface area contributed by atoms with Crippen LogP contribution in [0.15, 0.2) is 78.9 Å². The van der Waals surface area contributed by atoms with Crippen molar-refractivity contribution in [1.29, 1.82) is 0 Å². The Kier molecular flexibility index (Phi) is 5.12. The Balaban J connectivity index is 1.43. The summed E-state index contributed by atoms with van der Waals surface area (Å²) in [6.07, 6.45) is 0. The second-order valence-corrected chi connectivity index (χ2v) is 7.03. The molecule has 27 heavy (non-hydrogen) atoms. The third-order valence-electron chi connectivity index (χ3n) is 4.04. The van der Waals surface area contributed by atoms with Crippen molar-refractivity contribution in [2.45, 2.75) is 13.2 Å². The molecule has 0 atom stereocenters. The number of fused-ring (bicyclic) bond motifs is 1. The summed E-state index contributed by atoms with van der Waals surface area (Å²) in [5.74, 6) is 0.386. The number of carbonyl (C=O) groups excluding carboxylic acids is 1. The standard InChI is InChI=1S/C22H17NO3S/c24-22(26-15-21-23-19-12-6-7-13-20(19)27-21)18-11-5-4-8-16(18)14-25-17-9-2-1-3-10-17/h1-13H,14-15H2. The quantitative estimate of drug-likeness (QED) is 0.433. The highest BCUT2D eigenvalue weighted by molar-refractivity contribution is 7.18. The fraction of sp³-hybridized carbons (Fsp3) is 0.0909. The Bertz CT molecular complexity index is 1030. The van der Waals surface area contributed by atoms with Crippen molar-refractivity contribution >= 4 is 27.5 Å². The van der Waals surface area contributed by atoms with E-state index in [1.807, 2.05) is 72.8 Å². The highest BCUT2D eigenvalue weighted by Crippen LogP contribution is 2.23. The van der Waals surface area contributed by atoms with Crippen molar-refractivity contribution in [3.63, 3.8) is 0 Å². The molecule has 0 amide bonds. The number of nitrogens with zero attached hydrogens (tertiary/aromatic N) is 1. The molecule has 0 unspecified atom stereocenters. The van der Waals surface area contributed by atoms with Gasteiger partial charge in [0.15, 0.2) is 0 Å². The van der Waals surface area contributed by atoms with Crippen molar-refractivity contribution in [3.05, 3.63) is 95.0 Å². The predicted octanol–water partition coefficient (Wildman–Crippen LogP) is 5.23. The topological polar surface area (TPSA) is 48.4 Å². The van der Waals surface area contributed by atoms with Crippen LogP contribution in [-0.2, 0) is 18.0 Å². The van der Waals surface area contributed by atoms with E-state index in [9.17, 15) is 4.79 Å². The van der Waals surface area contributed by atoms with Crippen LogP contribution in [0, 0.1) is 0 Å². The van der Waals surface area contributed by atoms with Crippen molar-refractivity contribution in [1.82, 2.24) is 4.98 Å². The Morgan fingerprint density at radius 2 is 1.59 bits per heavy atom. The van der Waals surface area contributed by atoms with Gasteiger partial charge in [-0.3, -0.25) is 0 Å². The molecule has 1 aromatic heterocycles. The number of hydrogen-bond donors (Lipinski definition) is 0. The zero-order valence-corrected chi connectivity index (χ0v) is 15.3. The van der Waals surface area contributed by atoms with Crippen LogP contribution >= 0.6 is 11.3 Å². The van der Waals surface area contributed by atoms with Crippen LogP contribution in [0.2, 0.25) is 0 Å². The third-order valence-corrected chi connectivity index (χ3v) is 5.05. The molecule has 4 aromatic rings. The molecule has 3 aromatic carbocycles. The zero-order chi connectivity index (χ0) is 18.5. The number of esters is 1. The van der Waals surface area contributed by atoms with Gasteiger partial charge in [-0.15, -0.1) is 11.3 Å². The van der Waals surface area contributed by atoms with E-state index in [-0.39, 0.29) is 12.6 Å². The number of ether oxygens (including phenoxy) is 2. The molecule has 0 aliphatic carbocycles. The first-order valence-corrected chi connectivity index (χ1v) is 9.38. The normalized spacial score (nSPS) is 10.7. The lowest BCUT2D eigenvalue weighted by molar-refractivity contribution is 0.0469. The summed E-state index contributed by atoms with van der Waals surface area (Å²) in [6.45, 7) is 0.461. The minimum Gasteiger partial charge on any atom is -0.489 e. The smallest absolute Gasteiger partial charge is 0.338 e. The molecule has 0 fully saturated rings. The fourth-order valence-electron chi connectivity index (χ4n) is 2.71. The third kappa shape index (κ3) is 4.15. The van der Waals surface area contributed by atoms with Gasteiger partial charge in [-0.2, -0.15) is 0 Å². The number of aromatic nitrogens is 1. The van der Waals surface area contributed by atoms with Gasteiger partial charge in [0.25, 0.3) is 0 Å². The minimum atomic E-state index is -0.374. The van der Waals surface area contributed by atoms with E-state index in [4.69, 9.17) is 9.47 Å². The molecule has 134 valence electrons. The first-order valence-electron chi connectivity index (χ1n) is 8.57. The Morgan fingerprint density at radius 1 is 0.852 bits per heavy atom. The number of para-hydroxylation sites is 2. The number of rotatable bonds is 6. The van der Waals surface area contributed by atoms with E-state index in [1.165, 1.54) is 11.3 Å². The molecule has 4 rings (SSSR count). The van der Waals surface area contributed by atoms with Gasteiger partial charge in [0, 0.05) is 5.56 Å². The van der Waals surface area contributed by atoms with E-state index in [2.05, 4.69) is 4.98 Å². The average molecular weight is 375 g/mol. The average Bonchev–Trinajstić information content (AvgIpc) is 3.14. The van der Waals surface area contributed by atoms with Gasteiger partial charge in [-0.1, -0.05) is 48.5 Å². The largest absolute Gasteiger partial charge is 0.489 e. The Labute approximate surface area is 161 Å². The Morgan fingerprint density at radius 3 is 2.44 bits per heavy atom. The molecule has 0 aliphatic rings. The molecular formula is C22H17NO3S. The number of benzene rings is 3. The predicted molar refractivity (Wildman–Crippen MR) is 106 cm³/mol. The molecule has 0 saturated carbocycles. The van der Waals surface area contributed by atoms with Gasteiger partial charge in [-0.25, -0.2) is 9.78 Å². The van der Waals surface area contributed by atoms with Crippen molar-refractivity contribution in [2.75, 3.05) is 0 Å². The SMILES string of the molecule is O=C(OCc1nc2ccccc2s1)c1ccccc1COc1ccccc1. The van der Waals surface area contributed by atoms with Gasteiger partial charge in [0.2, 0.25) is 0 Å². The summed E-state index contributed by atoms with van der Waals surface area (Å²) in [5.41, 5.74) is 2.22. The molecule has 4 nitrogen and oxygen atoms in total. The summed E-state index contributed by atoms with van der Waals surface area (Å²) in [5, 5.41) is 0.780. The van der Waals surface area contributed by atoms with Crippen LogP contribution in [-0.4, -0.2) is 11.0 Å². The number of hydrogen-bond acceptors (Lipinski definition) is 5. The Hall–Kier alpha value is -3.18. The maximum Gasteiger partial charge on any atom is 0.338 e. The van der Waals surface area contributed by atoms with E-state index < -0.39 is 0 Å². The van der Waals surface area contributed by atoms with E-state index in [0.29, 0.717) is 12.2 Å². The molecule has 0 spiro atoms. The zero-order valence-electron chi connectivity index (χ0n) is 14.5. The van der Waals surface area contributed by atoms with E-state index >= 15 is 0 Å². The fourth-order valence-corrected chi connectivity index (χ4v) is 3.59. The van der Waals surface area contributed by atoms with Crippen molar-refractivity contribution in [2.24, 2.45) is 0 Å². The first-order chi connectivity index (χ1) is 13.3. The molecule has 0 aliphatic heterocycles. The lowest BCUT2D eigenvalue weighted by atomic mass is 10.1. The maximum atomic E-state index is 12.6. The molecule has 0 saturated heterocycles. The van der Waals surface area contributed by atoms with Crippen LogP contribution in [0.3, 0.4) is 0 Å². The van der Waals surface area contributed by atoms with Crippen molar-refractivity contribution in [3.8, 4) is 5.75 Å². The highest BCUT2D eigenvalue weighted by atomic mass is 32.1. The second kappa shape index (κ2) is 8.01. The molecular weight excluding hydrogens is 358 g/mol. The lowest BCUT2D eigenvalue weighted by Crippen LogP contribution is -2.10.